The van der Waals surface area contributed by atoms with Crippen molar-refractivity contribution in [3.05, 3.63) is 75.8 Å². The van der Waals surface area contributed by atoms with Crippen molar-refractivity contribution in [1.29, 1.82) is 0 Å². The molecule has 0 saturated carbocycles. The Kier molecular flexibility index (Phi) is 5.09. The zero-order valence-electron chi connectivity index (χ0n) is 14.0. The van der Waals surface area contributed by atoms with Crippen molar-refractivity contribution in [3.63, 3.8) is 0 Å². The van der Waals surface area contributed by atoms with Gasteiger partial charge in [-0.05, 0) is 29.1 Å². The lowest BCUT2D eigenvalue weighted by Gasteiger charge is -2.28. The standard InChI is InChI=1S/C19H17NO5S/c1-25-13-6-4-12(5-7-13)9-20-10-14(18(21)22)17(15(11-20)19(23)24)16-3-2-8-26-16/h2-8,10-11,17H,9H2,1H3,(H,21,22)(H,23,24). The predicted octanol–water partition coefficient (Wildman–Crippen LogP) is 3.29. The van der Waals surface area contributed by atoms with E-state index in [4.69, 9.17) is 4.74 Å². The third-order valence-electron chi connectivity index (χ3n) is 4.08. The molecule has 6 nitrogen and oxygen atoms in total. The van der Waals surface area contributed by atoms with Gasteiger partial charge in [0.1, 0.15) is 5.75 Å². The molecule has 0 bridgehead atoms. The maximum atomic E-state index is 11.8. The molecule has 3 rings (SSSR count). The molecule has 1 aromatic heterocycles. The van der Waals surface area contributed by atoms with Crippen LogP contribution in [-0.2, 0) is 16.1 Å². The van der Waals surface area contributed by atoms with Crippen LogP contribution in [0.4, 0.5) is 0 Å². The summed E-state index contributed by atoms with van der Waals surface area (Å²) in [4.78, 5) is 25.9. The summed E-state index contributed by atoms with van der Waals surface area (Å²) in [6.07, 6.45) is 3.01. The van der Waals surface area contributed by atoms with Crippen LogP contribution in [0.5, 0.6) is 5.75 Å². The molecule has 0 atom stereocenters. The van der Waals surface area contributed by atoms with E-state index in [-0.39, 0.29) is 11.1 Å². The SMILES string of the molecule is COc1ccc(CN2C=C(C(=O)O)C(c3cccs3)C(C(=O)O)=C2)cc1. The first kappa shape index (κ1) is 17.8. The normalized spacial score (nSPS) is 14.6. The molecular formula is C19H17NO5S. The van der Waals surface area contributed by atoms with E-state index < -0.39 is 17.9 Å². The highest BCUT2D eigenvalue weighted by molar-refractivity contribution is 7.10. The van der Waals surface area contributed by atoms with Crippen molar-refractivity contribution in [2.45, 2.75) is 12.5 Å². The zero-order valence-corrected chi connectivity index (χ0v) is 14.8. The molecule has 2 N–H and O–H groups in total. The molecule has 2 aromatic rings. The molecule has 1 aliphatic heterocycles. The second kappa shape index (κ2) is 7.45. The van der Waals surface area contributed by atoms with E-state index in [9.17, 15) is 19.8 Å². The van der Waals surface area contributed by atoms with Crippen LogP contribution in [0.2, 0.25) is 0 Å². The number of aliphatic carboxylic acids is 2. The first-order chi connectivity index (χ1) is 12.5. The van der Waals surface area contributed by atoms with E-state index in [0.29, 0.717) is 17.2 Å². The van der Waals surface area contributed by atoms with E-state index in [1.165, 1.54) is 23.7 Å². The summed E-state index contributed by atoms with van der Waals surface area (Å²) in [6.45, 7) is 0.356. The maximum Gasteiger partial charge on any atom is 0.334 e. The average molecular weight is 371 g/mol. The van der Waals surface area contributed by atoms with Gasteiger partial charge in [-0.2, -0.15) is 0 Å². The Hall–Kier alpha value is -3.06. The minimum Gasteiger partial charge on any atom is -0.497 e. The van der Waals surface area contributed by atoms with Gasteiger partial charge in [-0.15, -0.1) is 11.3 Å². The Labute approximate surface area is 154 Å². The highest BCUT2D eigenvalue weighted by Gasteiger charge is 2.34. The lowest BCUT2D eigenvalue weighted by Crippen LogP contribution is -2.27. The molecule has 0 fully saturated rings. The van der Waals surface area contributed by atoms with Crippen LogP contribution in [0.1, 0.15) is 16.4 Å². The third kappa shape index (κ3) is 3.62. The summed E-state index contributed by atoms with van der Waals surface area (Å²) >= 11 is 1.34. The summed E-state index contributed by atoms with van der Waals surface area (Å²) in [7, 11) is 1.58. The number of ether oxygens (including phenoxy) is 1. The van der Waals surface area contributed by atoms with Gasteiger partial charge < -0.3 is 19.8 Å². The Morgan fingerprint density at radius 3 is 2.15 bits per heavy atom. The van der Waals surface area contributed by atoms with Gasteiger partial charge in [0.05, 0.1) is 24.2 Å². The van der Waals surface area contributed by atoms with Gasteiger partial charge in [0, 0.05) is 23.8 Å². The highest BCUT2D eigenvalue weighted by atomic mass is 32.1. The highest BCUT2D eigenvalue weighted by Crippen LogP contribution is 2.38. The first-order valence-electron chi connectivity index (χ1n) is 7.81. The Bertz CT molecular complexity index is 836. The van der Waals surface area contributed by atoms with Gasteiger partial charge in [-0.3, -0.25) is 0 Å². The second-order valence-electron chi connectivity index (χ2n) is 5.75. The van der Waals surface area contributed by atoms with Gasteiger partial charge in [0.15, 0.2) is 0 Å². The summed E-state index contributed by atoms with van der Waals surface area (Å²) in [5.74, 6) is -2.32. The molecule has 1 aromatic carbocycles. The van der Waals surface area contributed by atoms with Crippen LogP contribution in [0, 0.1) is 0 Å². The van der Waals surface area contributed by atoms with Crippen LogP contribution in [0.25, 0.3) is 0 Å². The number of carbonyl (C=O) groups is 2. The number of methoxy groups -OCH3 is 1. The Morgan fingerprint density at radius 2 is 1.69 bits per heavy atom. The fraction of sp³-hybridized carbons (Fsp3) is 0.158. The second-order valence-corrected chi connectivity index (χ2v) is 6.73. The molecule has 0 saturated heterocycles. The average Bonchev–Trinajstić information content (AvgIpc) is 3.15. The van der Waals surface area contributed by atoms with E-state index in [2.05, 4.69) is 0 Å². The van der Waals surface area contributed by atoms with E-state index in [0.717, 1.165) is 5.56 Å². The van der Waals surface area contributed by atoms with Crippen molar-refractivity contribution in [3.8, 4) is 5.75 Å². The fourth-order valence-electron chi connectivity index (χ4n) is 2.86. The van der Waals surface area contributed by atoms with Gasteiger partial charge in [0.2, 0.25) is 0 Å². The third-order valence-corrected chi connectivity index (χ3v) is 5.01. The van der Waals surface area contributed by atoms with Gasteiger partial charge in [0.25, 0.3) is 0 Å². The van der Waals surface area contributed by atoms with E-state index in [1.807, 2.05) is 12.1 Å². The van der Waals surface area contributed by atoms with Crippen molar-refractivity contribution >= 4 is 23.3 Å². The van der Waals surface area contributed by atoms with Crippen molar-refractivity contribution < 1.29 is 24.5 Å². The van der Waals surface area contributed by atoms with Crippen LogP contribution >= 0.6 is 11.3 Å². The number of thiophene rings is 1. The molecule has 0 aliphatic carbocycles. The molecule has 2 heterocycles. The minimum absolute atomic E-state index is 0.0425. The minimum atomic E-state index is -1.13. The number of rotatable bonds is 6. The Morgan fingerprint density at radius 1 is 1.08 bits per heavy atom. The topological polar surface area (TPSA) is 87.1 Å². The molecule has 1 aliphatic rings. The van der Waals surface area contributed by atoms with E-state index >= 15 is 0 Å². The van der Waals surface area contributed by atoms with Crippen LogP contribution in [0.3, 0.4) is 0 Å². The lowest BCUT2D eigenvalue weighted by molar-refractivity contribution is -0.133. The number of carboxylic acids is 2. The summed E-state index contributed by atoms with van der Waals surface area (Å²) in [6, 6.07) is 10.8. The molecule has 0 spiro atoms. The van der Waals surface area contributed by atoms with Crippen molar-refractivity contribution in [1.82, 2.24) is 4.90 Å². The molecule has 134 valence electrons. The van der Waals surface area contributed by atoms with Crippen LogP contribution in [-0.4, -0.2) is 34.2 Å². The maximum absolute atomic E-state index is 11.8. The lowest BCUT2D eigenvalue weighted by atomic mass is 9.88. The van der Waals surface area contributed by atoms with Crippen LogP contribution in [0.15, 0.2) is 65.3 Å². The van der Waals surface area contributed by atoms with Gasteiger partial charge >= 0.3 is 11.9 Å². The molecule has 7 heteroatoms. The number of carboxylic acid groups (broad SMARTS) is 2. The van der Waals surface area contributed by atoms with Gasteiger partial charge in [-0.1, -0.05) is 18.2 Å². The largest absolute Gasteiger partial charge is 0.497 e. The van der Waals surface area contributed by atoms with Crippen molar-refractivity contribution in [2.75, 3.05) is 7.11 Å². The first-order valence-corrected chi connectivity index (χ1v) is 8.69. The summed E-state index contributed by atoms with van der Waals surface area (Å²) in [5, 5.41) is 21.1. The number of nitrogens with zero attached hydrogens (tertiary/aromatic N) is 1. The number of hydrogen-bond donors (Lipinski definition) is 2. The fourth-order valence-corrected chi connectivity index (χ4v) is 3.73. The molecule has 0 amide bonds. The molecule has 0 unspecified atom stereocenters. The monoisotopic (exact) mass is 371 g/mol. The number of benzene rings is 1. The molecule has 26 heavy (non-hydrogen) atoms. The molecule has 0 radical (unpaired) electrons. The Balaban J connectivity index is 1.95. The van der Waals surface area contributed by atoms with Crippen LogP contribution < -0.4 is 4.74 Å². The predicted molar refractivity (Wildman–Crippen MR) is 97.0 cm³/mol. The summed E-state index contributed by atoms with van der Waals surface area (Å²) in [5.41, 5.74) is 0.990. The number of hydrogen-bond acceptors (Lipinski definition) is 5. The van der Waals surface area contributed by atoms with Crippen molar-refractivity contribution in [2.24, 2.45) is 0 Å². The summed E-state index contributed by atoms with van der Waals surface area (Å²) < 4.78 is 5.12. The quantitative estimate of drug-likeness (QED) is 0.810. The molecular weight excluding hydrogens is 354 g/mol. The zero-order chi connectivity index (χ0) is 18.7. The smallest absolute Gasteiger partial charge is 0.334 e. The van der Waals surface area contributed by atoms with Gasteiger partial charge in [-0.25, -0.2) is 9.59 Å². The van der Waals surface area contributed by atoms with E-state index in [1.54, 1.807) is 41.7 Å².